The Morgan fingerprint density at radius 2 is 2.00 bits per heavy atom. The van der Waals surface area contributed by atoms with Gasteiger partial charge in [-0.1, -0.05) is 15.9 Å². The van der Waals surface area contributed by atoms with Crippen LogP contribution in [0.5, 0.6) is 0 Å². The Morgan fingerprint density at radius 1 is 1.32 bits per heavy atom. The number of piperazine rings is 1. The zero-order valence-corrected chi connectivity index (χ0v) is 12.4. The van der Waals surface area contributed by atoms with Crippen molar-refractivity contribution >= 4 is 21.6 Å². The van der Waals surface area contributed by atoms with E-state index >= 15 is 0 Å². The third-order valence-corrected chi connectivity index (χ3v) is 3.85. The number of nitrogens with one attached hydrogen (secondary N) is 1. The Kier molecular flexibility index (Phi) is 3.84. The number of hydrogen-bond acceptors (Lipinski definition) is 2. The molecule has 0 amide bonds. The van der Waals surface area contributed by atoms with E-state index in [0.717, 1.165) is 6.07 Å². The van der Waals surface area contributed by atoms with Crippen LogP contribution in [0.4, 0.5) is 18.9 Å². The van der Waals surface area contributed by atoms with E-state index < -0.39 is 11.7 Å². The molecule has 1 heterocycles. The normalized spacial score (nSPS) is 19.6. The summed E-state index contributed by atoms with van der Waals surface area (Å²) in [6.45, 7) is 5.80. The lowest BCUT2D eigenvalue weighted by Crippen LogP contribution is -2.58. The Bertz CT molecular complexity index is 471. The second-order valence-corrected chi connectivity index (χ2v) is 6.22. The predicted molar refractivity (Wildman–Crippen MR) is 73.4 cm³/mol. The number of anilines is 1. The second kappa shape index (κ2) is 4.98. The first-order valence-corrected chi connectivity index (χ1v) is 6.86. The summed E-state index contributed by atoms with van der Waals surface area (Å²) in [7, 11) is 0. The minimum Gasteiger partial charge on any atom is -0.363 e. The summed E-state index contributed by atoms with van der Waals surface area (Å²) in [5, 5.41) is 3.21. The highest BCUT2D eigenvalue weighted by molar-refractivity contribution is 9.10. The van der Waals surface area contributed by atoms with Gasteiger partial charge in [0.15, 0.2) is 0 Å². The quantitative estimate of drug-likeness (QED) is 0.841. The molecule has 2 nitrogen and oxygen atoms in total. The zero-order valence-electron chi connectivity index (χ0n) is 10.8. The molecular weight excluding hydrogens is 321 g/mol. The van der Waals surface area contributed by atoms with Gasteiger partial charge in [0.2, 0.25) is 0 Å². The van der Waals surface area contributed by atoms with Crippen molar-refractivity contribution < 1.29 is 13.2 Å². The van der Waals surface area contributed by atoms with E-state index in [1.807, 2.05) is 18.7 Å². The highest BCUT2D eigenvalue weighted by atomic mass is 79.9. The summed E-state index contributed by atoms with van der Waals surface area (Å²) >= 11 is 3.26. The average molecular weight is 337 g/mol. The summed E-state index contributed by atoms with van der Waals surface area (Å²) in [4.78, 5) is 1.83. The lowest BCUT2D eigenvalue weighted by molar-refractivity contribution is -0.137. The number of rotatable bonds is 1. The van der Waals surface area contributed by atoms with E-state index in [-0.39, 0.29) is 11.2 Å². The third kappa shape index (κ3) is 3.05. The molecule has 0 radical (unpaired) electrons. The van der Waals surface area contributed by atoms with Crippen LogP contribution >= 0.6 is 15.9 Å². The fourth-order valence-corrected chi connectivity index (χ4v) is 2.75. The van der Waals surface area contributed by atoms with Gasteiger partial charge in [-0.15, -0.1) is 0 Å². The monoisotopic (exact) mass is 336 g/mol. The van der Waals surface area contributed by atoms with Crippen molar-refractivity contribution in [2.24, 2.45) is 0 Å². The summed E-state index contributed by atoms with van der Waals surface area (Å²) in [6.07, 6.45) is -4.34. The van der Waals surface area contributed by atoms with Gasteiger partial charge < -0.3 is 10.2 Å². The van der Waals surface area contributed by atoms with Gasteiger partial charge in [-0.3, -0.25) is 0 Å². The molecule has 0 aliphatic carbocycles. The van der Waals surface area contributed by atoms with Crippen molar-refractivity contribution in [3.05, 3.63) is 28.2 Å². The van der Waals surface area contributed by atoms with E-state index in [4.69, 9.17) is 0 Å². The largest absolute Gasteiger partial charge is 0.418 e. The van der Waals surface area contributed by atoms with Crippen LogP contribution in [0.25, 0.3) is 0 Å². The molecule has 1 aromatic carbocycles. The van der Waals surface area contributed by atoms with Crippen molar-refractivity contribution in [2.45, 2.75) is 25.6 Å². The van der Waals surface area contributed by atoms with Gasteiger partial charge in [0.25, 0.3) is 0 Å². The van der Waals surface area contributed by atoms with Crippen LogP contribution in [-0.4, -0.2) is 25.2 Å². The first kappa shape index (κ1) is 14.7. The fraction of sp³-hybridized carbons (Fsp3) is 0.538. The molecule has 1 saturated heterocycles. The van der Waals surface area contributed by atoms with E-state index in [1.54, 1.807) is 6.07 Å². The molecule has 1 aliphatic heterocycles. The van der Waals surface area contributed by atoms with Gasteiger partial charge >= 0.3 is 6.18 Å². The molecule has 106 valence electrons. The molecule has 1 aromatic rings. The molecule has 0 spiro atoms. The molecule has 2 rings (SSSR count). The number of benzene rings is 1. The minimum atomic E-state index is -4.34. The molecule has 1 fully saturated rings. The highest BCUT2D eigenvalue weighted by Crippen LogP contribution is 2.40. The van der Waals surface area contributed by atoms with Crippen molar-refractivity contribution in [3.63, 3.8) is 0 Å². The van der Waals surface area contributed by atoms with E-state index in [1.165, 1.54) is 6.07 Å². The first-order valence-electron chi connectivity index (χ1n) is 6.07. The smallest absolute Gasteiger partial charge is 0.363 e. The summed E-state index contributed by atoms with van der Waals surface area (Å²) in [5.41, 5.74) is -0.682. The lowest BCUT2D eigenvalue weighted by Gasteiger charge is -2.45. The van der Waals surface area contributed by atoms with E-state index in [9.17, 15) is 13.2 Å². The number of hydrogen-bond donors (Lipinski definition) is 1. The Morgan fingerprint density at radius 3 is 2.58 bits per heavy atom. The molecule has 1 aliphatic rings. The number of nitrogens with zero attached hydrogens (tertiary/aromatic N) is 1. The summed E-state index contributed by atoms with van der Waals surface area (Å²) in [6, 6.07) is 4.12. The van der Waals surface area contributed by atoms with Crippen molar-refractivity contribution in [2.75, 3.05) is 24.5 Å². The van der Waals surface area contributed by atoms with Gasteiger partial charge in [-0.25, -0.2) is 0 Å². The van der Waals surface area contributed by atoms with Gasteiger partial charge in [0, 0.05) is 29.6 Å². The highest BCUT2D eigenvalue weighted by Gasteiger charge is 2.38. The second-order valence-electron chi connectivity index (χ2n) is 5.30. The Balaban J connectivity index is 2.51. The Labute approximate surface area is 119 Å². The van der Waals surface area contributed by atoms with Gasteiger partial charge in [-0.2, -0.15) is 13.2 Å². The van der Waals surface area contributed by atoms with Crippen molar-refractivity contribution in [1.82, 2.24) is 5.32 Å². The number of alkyl halides is 3. The average Bonchev–Trinajstić information content (AvgIpc) is 2.26. The molecule has 1 N–H and O–H groups in total. The van der Waals surface area contributed by atoms with Crippen LogP contribution in [0, 0.1) is 0 Å². The van der Waals surface area contributed by atoms with Crippen LogP contribution in [0.3, 0.4) is 0 Å². The third-order valence-electron chi connectivity index (χ3n) is 3.36. The summed E-state index contributed by atoms with van der Waals surface area (Å²) in [5.74, 6) is 0. The molecule has 0 atom stereocenters. The summed E-state index contributed by atoms with van der Waals surface area (Å²) < 4.78 is 40.0. The molecule has 6 heteroatoms. The fourth-order valence-electron chi connectivity index (χ4n) is 2.40. The van der Waals surface area contributed by atoms with Gasteiger partial charge in [0.1, 0.15) is 0 Å². The van der Waals surface area contributed by atoms with Crippen LogP contribution in [0.1, 0.15) is 19.4 Å². The maximum absolute atomic E-state index is 13.1. The predicted octanol–water partition coefficient (Wildman–Crippen LogP) is 3.66. The van der Waals surface area contributed by atoms with Crippen LogP contribution in [-0.2, 0) is 6.18 Å². The molecule has 19 heavy (non-hydrogen) atoms. The lowest BCUT2D eigenvalue weighted by atomic mass is 9.97. The molecule has 0 aromatic heterocycles. The van der Waals surface area contributed by atoms with Crippen LogP contribution in [0.15, 0.2) is 22.7 Å². The zero-order chi connectivity index (χ0) is 14.3. The molecule has 0 unspecified atom stereocenters. The van der Waals surface area contributed by atoms with Crippen LogP contribution < -0.4 is 10.2 Å². The maximum Gasteiger partial charge on any atom is 0.418 e. The maximum atomic E-state index is 13.1. The number of halogens is 4. The molecular formula is C13H16BrF3N2. The first-order chi connectivity index (χ1) is 8.72. The van der Waals surface area contributed by atoms with Gasteiger partial charge in [0.05, 0.1) is 11.3 Å². The van der Waals surface area contributed by atoms with Gasteiger partial charge in [-0.05, 0) is 32.0 Å². The standard InChI is InChI=1S/C13H16BrF3N2/c1-12(2)8-18-5-6-19(12)11-7-9(14)3-4-10(11)13(15,16)17/h3-4,7,18H,5-6,8H2,1-2H3. The van der Waals surface area contributed by atoms with Crippen molar-refractivity contribution in [3.8, 4) is 0 Å². The van der Waals surface area contributed by atoms with Crippen LogP contribution in [0.2, 0.25) is 0 Å². The Hall–Kier alpha value is -0.750. The van der Waals surface area contributed by atoms with E-state index in [0.29, 0.717) is 24.1 Å². The molecule has 0 bridgehead atoms. The minimum absolute atomic E-state index is 0.244. The van der Waals surface area contributed by atoms with E-state index in [2.05, 4.69) is 21.2 Å². The SMILES string of the molecule is CC1(C)CNCCN1c1cc(Br)ccc1C(F)(F)F. The topological polar surface area (TPSA) is 15.3 Å². The molecule has 0 saturated carbocycles. The van der Waals surface area contributed by atoms with Crippen molar-refractivity contribution in [1.29, 1.82) is 0 Å².